The SMILES string of the molecule is COc1cnc(C=O)cc1C(F)(F)F. The summed E-state index contributed by atoms with van der Waals surface area (Å²) in [5.41, 5.74) is -1.28. The largest absolute Gasteiger partial charge is 0.495 e. The highest BCUT2D eigenvalue weighted by molar-refractivity contribution is 5.72. The summed E-state index contributed by atoms with van der Waals surface area (Å²) in [6.07, 6.45) is -3.44. The Morgan fingerprint density at radius 2 is 2.14 bits per heavy atom. The number of nitrogens with zero attached hydrogens (tertiary/aromatic N) is 1. The molecule has 0 aliphatic rings. The van der Waals surface area contributed by atoms with Crippen LogP contribution in [0.5, 0.6) is 5.75 Å². The number of ether oxygens (including phenoxy) is 1. The monoisotopic (exact) mass is 205 g/mol. The molecule has 76 valence electrons. The summed E-state index contributed by atoms with van der Waals surface area (Å²) in [7, 11) is 1.10. The quantitative estimate of drug-likeness (QED) is 0.692. The lowest BCUT2D eigenvalue weighted by atomic mass is 10.2. The number of alkyl halides is 3. The van der Waals surface area contributed by atoms with E-state index in [1.54, 1.807) is 0 Å². The van der Waals surface area contributed by atoms with Crippen molar-refractivity contribution in [2.75, 3.05) is 7.11 Å². The topological polar surface area (TPSA) is 39.2 Å². The van der Waals surface area contributed by atoms with Crippen molar-refractivity contribution < 1.29 is 22.7 Å². The van der Waals surface area contributed by atoms with Crippen LogP contribution in [0.15, 0.2) is 12.3 Å². The van der Waals surface area contributed by atoms with Crippen molar-refractivity contribution in [3.05, 3.63) is 23.5 Å². The Kier molecular flexibility index (Phi) is 2.73. The van der Waals surface area contributed by atoms with Crippen molar-refractivity contribution in [3.8, 4) is 5.75 Å². The number of carbonyl (C=O) groups is 1. The van der Waals surface area contributed by atoms with Crippen molar-refractivity contribution in [1.29, 1.82) is 0 Å². The maximum Gasteiger partial charge on any atom is 0.420 e. The van der Waals surface area contributed by atoms with E-state index in [0.29, 0.717) is 6.07 Å². The first-order valence-electron chi connectivity index (χ1n) is 3.55. The highest BCUT2D eigenvalue weighted by atomic mass is 19.4. The molecule has 0 atom stereocenters. The number of aromatic nitrogens is 1. The van der Waals surface area contributed by atoms with Gasteiger partial charge in [0.15, 0.2) is 6.29 Å². The van der Waals surface area contributed by atoms with E-state index in [-0.39, 0.29) is 12.0 Å². The molecular formula is C8H6F3NO2. The smallest absolute Gasteiger partial charge is 0.420 e. The van der Waals surface area contributed by atoms with Crippen LogP contribution >= 0.6 is 0 Å². The van der Waals surface area contributed by atoms with E-state index in [1.165, 1.54) is 0 Å². The molecule has 3 nitrogen and oxygen atoms in total. The van der Waals surface area contributed by atoms with Crippen LogP contribution in [0.25, 0.3) is 0 Å². The minimum Gasteiger partial charge on any atom is -0.495 e. The number of rotatable bonds is 2. The number of hydrogen-bond donors (Lipinski definition) is 0. The summed E-state index contributed by atoms with van der Waals surface area (Å²) in [4.78, 5) is 13.7. The van der Waals surface area contributed by atoms with Gasteiger partial charge in [0.05, 0.1) is 13.3 Å². The second-order valence-electron chi connectivity index (χ2n) is 2.43. The van der Waals surface area contributed by atoms with Crippen LogP contribution in [-0.4, -0.2) is 18.4 Å². The van der Waals surface area contributed by atoms with Crippen LogP contribution < -0.4 is 4.74 Å². The summed E-state index contributed by atoms with van der Waals surface area (Å²) in [6, 6.07) is 0.645. The van der Waals surface area contributed by atoms with E-state index in [9.17, 15) is 18.0 Å². The van der Waals surface area contributed by atoms with E-state index in [4.69, 9.17) is 0 Å². The Morgan fingerprint density at radius 3 is 2.57 bits per heavy atom. The van der Waals surface area contributed by atoms with E-state index in [1.807, 2.05) is 0 Å². The third-order valence-corrected chi connectivity index (χ3v) is 1.53. The molecule has 0 radical (unpaired) electrons. The maximum atomic E-state index is 12.3. The van der Waals surface area contributed by atoms with Crippen molar-refractivity contribution in [3.63, 3.8) is 0 Å². The van der Waals surface area contributed by atoms with Gasteiger partial charge in [0.2, 0.25) is 0 Å². The first-order valence-corrected chi connectivity index (χ1v) is 3.55. The predicted molar refractivity (Wildman–Crippen MR) is 41.2 cm³/mol. The summed E-state index contributed by atoms with van der Waals surface area (Å²) in [5.74, 6) is -0.400. The Balaban J connectivity index is 3.29. The summed E-state index contributed by atoms with van der Waals surface area (Å²) in [5, 5.41) is 0. The molecule has 0 aliphatic carbocycles. The maximum absolute atomic E-state index is 12.3. The van der Waals surface area contributed by atoms with Crippen molar-refractivity contribution in [2.24, 2.45) is 0 Å². The molecule has 1 heterocycles. The van der Waals surface area contributed by atoms with Gasteiger partial charge in [-0.05, 0) is 6.07 Å². The van der Waals surface area contributed by atoms with Gasteiger partial charge < -0.3 is 4.74 Å². The number of pyridine rings is 1. The van der Waals surface area contributed by atoms with Gasteiger partial charge in [-0.3, -0.25) is 4.79 Å². The van der Waals surface area contributed by atoms with Gasteiger partial charge in [-0.2, -0.15) is 13.2 Å². The van der Waals surface area contributed by atoms with Crippen molar-refractivity contribution >= 4 is 6.29 Å². The summed E-state index contributed by atoms with van der Waals surface area (Å²) in [6.45, 7) is 0. The molecule has 0 fully saturated rings. The average Bonchev–Trinajstić information content (AvgIpc) is 2.15. The zero-order valence-corrected chi connectivity index (χ0v) is 7.13. The highest BCUT2D eigenvalue weighted by Gasteiger charge is 2.34. The van der Waals surface area contributed by atoms with Gasteiger partial charge in [-0.25, -0.2) is 4.98 Å². The third-order valence-electron chi connectivity index (χ3n) is 1.53. The number of aldehydes is 1. The molecule has 0 saturated carbocycles. The average molecular weight is 205 g/mol. The minimum atomic E-state index is -4.55. The Bertz CT molecular complexity index is 349. The molecule has 0 bridgehead atoms. The van der Waals surface area contributed by atoms with Crippen LogP contribution in [0.2, 0.25) is 0 Å². The lowest BCUT2D eigenvalue weighted by Gasteiger charge is -2.10. The lowest BCUT2D eigenvalue weighted by Crippen LogP contribution is -2.09. The molecule has 6 heteroatoms. The first kappa shape index (κ1) is 10.5. The Labute approximate surface area is 77.5 Å². The zero-order chi connectivity index (χ0) is 10.8. The molecule has 14 heavy (non-hydrogen) atoms. The predicted octanol–water partition coefficient (Wildman–Crippen LogP) is 1.92. The Hall–Kier alpha value is -1.59. The van der Waals surface area contributed by atoms with Crippen molar-refractivity contribution in [1.82, 2.24) is 4.98 Å². The number of halogens is 3. The fourth-order valence-electron chi connectivity index (χ4n) is 0.908. The van der Waals surface area contributed by atoms with Gasteiger partial charge >= 0.3 is 6.18 Å². The Morgan fingerprint density at radius 1 is 1.50 bits per heavy atom. The fraction of sp³-hybridized carbons (Fsp3) is 0.250. The van der Waals surface area contributed by atoms with Gasteiger partial charge in [-0.1, -0.05) is 0 Å². The van der Waals surface area contributed by atoms with Gasteiger partial charge in [0.1, 0.15) is 17.0 Å². The highest BCUT2D eigenvalue weighted by Crippen LogP contribution is 2.35. The van der Waals surface area contributed by atoms with Gasteiger partial charge in [-0.15, -0.1) is 0 Å². The third kappa shape index (κ3) is 2.01. The van der Waals surface area contributed by atoms with E-state index in [2.05, 4.69) is 9.72 Å². The standard InChI is InChI=1S/C8H6F3NO2/c1-14-7-3-12-5(4-13)2-6(7)8(9,10)11/h2-4H,1H3. The van der Waals surface area contributed by atoms with Gasteiger partial charge in [0.25, 0.3) is 0 Å². The summed E-state index contributed by atoms with van der Waals surface area (Å²) < 4.78 is 41.5. The molecule has 0 unspecified atom stereocenters. The fourth-order valence-corrected chi connectivity index (χ4v) is 0.908. The van der Waals surface area contributed by atoms with Crippen LogP contribution in [0, 0.1) is 0 Å². The molecule has 0 spiro atoms. The van der Waals surface area contributed by atoms with Crippen molar-refractivity contribution in [2.45, 2.75) is 6.18 Å². The van der Waals surface area contributed by atoms with E-state index in [0.717, 1.165) is 13.3 Å². The minimum absolute atomic E-state index is 0.245. The molecule has 1 rings (SSSR count). The van der Waals surface area contributed by atoms with Crippen LogP contribution in [0.3, 0.4) is 0 Å². The normalized spacial score (nSPS) is 11.1. The van der Waals surface area contributed by atoms with Crippen LogP contribution in [0.1, 0.15) is 16.1 Å². The molecule has 1 aromatic rings. The van der Waals surface area contributed by atoms with Crippen LogP contribution in [0.4, 0.5) is 13.2 Å². The molecule has 0 aliphatic heterocycles. The zero-order valence-electron chi connectivity index (χ0n) is 7.13. The molecule has 0 saturated heterocycles. The van der Waals surface area contributed by atoms with E-state index < -0.39 is 17.5 Å². The number of carbonyl (C=O) groups excluding carboxylic acids is 1. The number of methoxy groups -OCH3 is 1. The lowest BCUT2D eigenvalue weighted by molar-refractivity contribution is -0.138. The molecule has 1 aromatic heterocycles. The van der Waals surface area contributed by atoms with E-state index >= 15 is 0 Å². The summed E-state index contributed by atoms with van der Waals surface area (Å²) >= 11 is 0. The number of hydrogen-bond acceptors (Lipinski definition) is 3. The second-order valence-corrected chi connectivity index (χ2v) is 2.43. The molecular weight excluding hydrogens is 199 g/mol. The molecule has 0 amide bonds. The molecule has 0 N–H and O–H groups in total. The second kappa shape index (κ2) is 3.65. The van der Waals surface area contributed by atoms with Gasteiger partial charge in [0, 0.05) is 0 Å². The van der Waals surface area contributed by atoms with Crippen LogP contribution in [-0.2, 0) is 6.18 Å². The molecule has 0 aromatic carbocycles. The first-order chi connectivity index (χ1) is 6.49.